The van der Waals surface area contributed by atoms with Crippen molar-refractivity contribution < 1.29 is 4.74 Å². The summed E-state index contributed by atoms with van der Waals surface area (Å²) in [6.45, 7) is 0.902. The largest absolute Gasteiger partial charge is 0.378 e. The van der Waals surface area contributed by atoms with E-state index in [-0.39, 0.29) is 0 Å². The summed E-state index contributed by atoms with van der Waals surface area (Å²) in [6, 6.07) is 7.81. The average Bonchev–Trinajstić information content (AvgIpc) is 3.05. The van der Waals surface area contributed by atoms with Crippen LogP contribution >= 0.6 is 0 Å². The number of aryl methyl sites for hydroxylation is 2. The quantitative estimate of drug-likeness (QED) is 0.847. The Morgan fingerprint density at radius 3 is 3.16 bits per heavy atom. The summed E-state index contributed by atoms with van der Waals surface area (Å²) in [5.74, 6) is 1.07. The molecule has 0 spiro atoms. The SMILES string of the molecule is Cn1c(CCC2CCCO2)nc2ccc(C#N)cc21. The van der Waals surface area contributed by atoms with E-state index in [0.717, 1.165) is 36.3 Å². The summed E-state index contributed by atoms with van der Waals surface area (Å²) >= 11 is 0. The lowest BCUT2D eigenvalue weighted by atomic mass is 10.1. The maximum absolute atomic E-state index is 8.95. The zero-order valence-corrected chi connectivity index (χ0v) is 11.1. The van der Waals surface area contributed by atoms with Crippen molar-refractivity contribution in [3.63, 3.8) is 0 Å². The summed E-state index contributed by atoms with van der Waals surface area (Å²) in [5, 5.41) is 8.95. The fourth-order valence-electron chi connectivity index (χ4n) is 2.69. The molecule has 1 aromatic carbocycles. The number of imidazole rings is 1. The van der Waals surface area contributed by atoms with Crippen LogP contribution in [0.3, 0.4) is 0 Å². The van der Waals surface area contributed by atoms with Gasteiger partial charge >= 0.3 is 0 Å². The number of rotatable bonds is 3. The molecule has 1 aliphatic heterocycles. The highest BCUT2D eigenvalue weighted by molar-refractivity contribution is 5.77. The van der Waals surface area contributed by atoms with Crippen molar-refractivity contribution >= 4 is 11.0 Å². The van der Waals surface area contributed by atoms with Gasteiger partial charge in [-0.15, -0.1) is 0 Å². The summed E-state index contributed by atoms with van der Waals surface area (Å²) in [5.41, 5.74) is 2.67. The Hall–Kier alpha value is -1.86. The molecule has 0 amide bonds. The molecule has 0 aliphatic carbocycles. The van der Waals surface area contributed by atoms with E-state index >= 15 is 0 Å². The Morgan fingerprint density at radius 2 is 2.42 bits per heavy atom. The highest BCUT2D eigenvalue weighted by Crippen LogP contribution is 2.20. The van der Waals surface area contributed by atoms with Crippen molar-refractivity contribution in [2.75, 3.05) is 6.61 Å². The Kier molecular flexibility index (Phi) is 3.22. The van der Waals surface area contributed by atoms with E-state index in [1.165, 1.54) is 12.8 Å². The molecular formula is C15H17N3O. The first-order valence-corrected chi connectivity index (χ1v) is 6.75. The third-order valence-corrected chi connectivity index (χ3v) is 3.82. The second-order valence-electron chi connectivity index (χ2n) is 5.08. The third-order valence-electron chi connectivity index (χ3n) is 3.82. The van der Waals surface area contributed by atoms with Crippen molar-refractivity contribution in [3.8, 4) is 6.07 Å². The van der Waals surface area contributed by atoms with Crippen LogP contribution in [-0.4, -0.2) is 22.3 Å². The molecule has 2 aromatic rings. The van der Waals surface area contributed by atoms with Gasteiger partial charge in [0, 0.05) is 20.1 Å². The van der Waals surface area contributed by atoms with E-state index in [1.54, 1.807) is 0 Å². The van der Waals surface area contributed by atoms with Crippen LogP contribution in [0.5, 0.6) is 0 Å². The van der Waals surface area contributed by atoms with Gasteiger partial charge < -0.3 is 9.30 Å². The van der Waals surface area contributed by atoms with Crippen molar-refractivity contribution in [3.05, 3.63) is 29.6 Å². The van der Waals surface area contributed by atoms with E-state index in [0.29, 0.717) is 11.7 Å². The van der Waals surface area contributed by atoms with Crippen molar-refractivity contribution in [1.82, 2.24) is 9.55 Å². The molecule has 4 nitrogen and oxygen atoms in total. The number of aromatic nitrogens is 2. The minimum absolute atomic E-state index is 0.398. The fraction of sp³-hybridized carbons (Fsp3) is 0.467. The topological polar surface area (TPSA) is 50.8 Å². The normalized spacial score (nSPS) is 18.8. The number of nitriles is 1. The summed E-state index contributed by atoms with van der Waals surface area (Å²) < 4.78 is 7.73. The first-order chi connectivity index (χ1) is 9.28. The Bertz CT molecular complexity index is 633. The summed E-state index contributed by atoms with van der Waals surface area (Å²) in [6.07, 6.45) is 4.70. The second kappa shape index (κ2) is 5.02. The number of hydrogen-bond acceptors (Lipinski definition) is 3. The molecule has 98 valence electrons. The molecule has 0 radical (unpaired) electrons. The van der Waals surface area contributed by atoms with Crippen LogP contribution in [-0.2, 0) is 18.2 Å². The highest BCUT2D eigenvalue weighted by Gasteiger charge is 2.17. The number of benzene rings is 1. The van der Waals surface area contributed by atoms with Gasteiger partial charge in [-0.3, -0.25) is 0 Å². The molecule has 0 bridgehead atoms. The molecular weight excluding hydrogens is 238 g/mol. The number of ether oxygens (including phenoxy) is 1. The Labute approximate surface area is 112 Å². The molecule has 1 atom stereocenters. The summed E-state index contributed by atoms with van der Waals surface area (Å²) in [7, 11) is 2.02. The number of nitrogens with zero attached hydrogens (tertiary/aromatic N) is 3. The lowest BCUT2D eigenvalue weighted by molar-refractivity contribution is 0.104. The molecule has 0 saturated carbocycles. The molecule has 3 rings (SSSR count). The highest BCUT2D eigenvalue weighted by atomic mass is 16.5. The van der Waals surface area contributed by atoms with Gasteiger partial charge in [-0.25, -0.2) is 4.98 Å². The molecule has 4 heteroatoms. The van der Waals surface area contributed by atoms with Gasteiger partial charge in [-0.2, -0.15) is 5.26 Å². The van der Waals surface area contributed by atoms with Crippen molar-refractivity contribution in [2.24, 2.45) is 7.05 Å². The van der Waals surface area contributed by atoms with Gasteiger partial charge in [0.2, 0.25) is 0 Å². The van der Waals surface area contributed by atoms with Gasteiger partial charge in [-0.1, -0.05) is 0 Å². The van der Waals surface area contributed by atoms with Crippen LogP contribution < -0.4 is 0 Å². The molecule has 1 fully saturated rings. The van der Waals surface area contributed by atoms with Crippen LogP contribution in [0.25, 0.3) is 11.0 Å². The van der Waals surface area contributed by atoms with E-state index in [2.05, 4.69) is 15.6 Å². The maximum Gasteiger partial charge on any atom is 0.109 e. The van der Waals surface area contributed by atoms with Crippen molar-refractivity contribution in [2.45, 2.75) is 31.8 Å². The lowest BCUT2D eigenvalue weighted by Gasteiger charge is -2.08. The maximum atomic E-state index is 8.95. The zero-order chi connectivity index (χ0) is 13.2. The predicted molar refractivity (Wildman–Crippen MR) is 72.7 cm³/mol. The zero-order valence-electron chi connectivity index (χ0n) is 11.1. The van der Waals surface area contributed by atoms with Gasteiger partial charge in [0.05, 0.1) is 28.8 Å². The second-order valence-corrected chi connectivity index (χ2v) is 5.08. The van der Waals surface area contributed by atoms with E-state index in [1.807, 2.05) is 25.2 Å². The van der Waals surface area contributed by atoms with Crippen LogP contribution in [0, 0.1) is 11.3 Å². The summed E-state index contributed by atoms with van der Waals surface area (Å²) in [4.78, 5) is 4.65. The fourth-order valence-corrected chi connectivity index (χ4v) is 2.69. The first kappa shape index (κ1) is 12.2. The van der Waals surface area contributed by atoms with Crippen LogP contribution in [0.1, 0.15) is 30.7 Å². The van der Waals surface area contributed by atoms with Gasteiger partial charge in [0.25, 0.3) is 0 Å². The van der Waals surface area contributed by atoms with E-state index < -0.39 is 0 Å². The van der Waals surface area contributed by atoms with Gasteiger partial charge in [0.1, 0.15) is 5.82 Å². The predicted octanol–water partition coefficient (Wildman–Crippen LogP) is 2.56. The van der Waals surface area contributed by atoms with E-state index in [4.69, 9.17) is 10.00 Å². The standard InChI is InChI=1S/C15H17N3O/c1-18-14-9-11(10-16)4-6-13(14)17-15(18)7-5-12-3-2-8-19-12/h4,6,9,12H,2-3,5,7-8H2,1H3. The monoisotopic (exact) mass is 255 g/mol. The molecule has 1 saturated heterocycles. The Morgan fingerprint density at radius 1 is 1.53 bits per heavy atom. The minimum atomic E-state index is 0.398. The van der Waals surface area contributed by atoms with Gasteiger partial charge in [-0.05, 0) is 37.5 Å². The minimum Gasteiger partial charge on any atom is -0.378 e. The van der Waals surface area contributed by atoms with Gasteiger partial charge in [0.15, 0.2) is 0 Å². The number of fused-ring (bicyclic) bond motifs is 1. The molecule has 19 heavy (non-hydrogen) atoms. The molecule has 1 aliphatic rings. The van der Waals surface area contributed by atoms with Crippen molar-refractivity contribution in [1.29, 1.82) is 5.26 Å². The van der Waals surface area contributed by atoms with E-state index in [9.17, 15) is 0 Å². The van der Waals surface area contributed by atoms with Crippen LogP contribution in [0.2, 0.25) is 0 Å². The molecule has 0 N–H and O–H groups in total. The average molecular weight is 255 g/mol. The lowest BCUT2D eigenvalue weighted by Crippen LogP contribution is -2.08. The molecule has 2 heterocycles. The number of hydrogen-bond donors (Lipinski definition) is 0. The third kappa shape index (κ3) is 2.34. The van der Waals surface area contributed by atoms with Crippen LogP contribution in [0.15, 0.2) is 18.2 Å². The molecule has 1 unspecified atom stereocenters. The molecule has 1 aromatic heterocycles. The smallest absolute Gasteiger partial charge is 0.109 e. The first-order valence-electron chi connectivity index (χ1n) is 6.75. The van der Waals surface area contributed by atoms with Crippen LogP contribution in [0.4, 0.5) is 0 Å². The Balaban J connectivity index is 1.83.